The number of nitrogens with one attached hydrogen (secondary N) is 1. The molecule has 0 aliphatic carbocycles. The van der Waals surface area contributed by atoms with E-state index in [9.17, 15) is 0 Å². The first kappa shape index (κ1) is 19.1. The van der Waals surface area contributed by atoms with E-state index in [1.54, 1.807) is 39.0 Å². The third-order valence-corrected chi connectivity index (χ3v) is 4.75. The molecule has 8 heteroatoms. The Morgan fingerprint density at radius 3 is 2.55 bits per heavy atom. The van der Waals surface area contributed by atoms with Crippen LogP contribution >= 0.6 is 0 Å². The molecule has 1 aliphatic rings. The minimum atomic E-state index is -0.0625. The minimum Gasteiger partial charge on any atom is -0.497 e. The van der Waals surface area contributed by atoms with Gasteiger partial charge in [-0.25, -0.2) is 9.97 Å². The highest BCUT2D eigenvalue weighted by molar-refractivity contribution is 5.61. The van der Waals surface area contributed by atoms with Gasteiger partial charge in [-0.05, 0) is 30.5 Å². The van der Waals surface area contributed by atoms with Crippen LogP contribution in [0.25, 0.3) is 11.3 Å². The first-order valence-corrected chi connectivity index (χ1v) is 9.47. The molecule has 2 aromatic heterocycles. The Balaban J connectivity index is 1.59. The molecule has 1 saturated heterocycles. The van der Waals surface area contributed by atoms with Crippen LogP contribution in [0, 0.1) is 0 Å². The number of ether oxygens (including phenoxy) is 3. The van der Waals surface area contributed by atoms with E-state index < -0.39 is 0 Å². The van der Waals surface area contributed by atoms with Crippen LogP contribution in [0.1, 0.15) is 30.2 Å². The Morgan fingerprint density at radius 1 is 1.07 bits per heavy atom. The molecule has 1 fully saturated rings. The van der Waals surface area contributed by atoms with Gasteiger partial charge in [0.1, 0.15) is 17.6 Å². The summed E-state index contributed by atoms with van der Waals surface area (Å²) in [6.45, 7) is 1.27. The third kappa shape index (κ3) is 4.43. The van der Waals surface area contributed by atoms with Crippen molar-refractivity contribution in [3.8, 4) is 22.8 Å². The maximum absolute atomic E-state index is 5.88. The largest absolute Gasteiger partial charge is 0.497 e. The summed E-state index contributed by atoms with van der Waals surface area (Å²) in [6, 6.07) is 5.74. The Labute approximate surface area is 169 Å². The molecule has 8 nitrogen and oxygen atoms in total. The van der Waals surface area contributed by atoms with Crippen LogP contribution < -0.4 is 14.8 Å². The van der Waals surface area contributed by atoms with Crippen molar-refractivity contribution in [2.45, 2.75) is 25.5 Å². The van der Waals surface area contributed by atoms with Gasteiger partial charge in [0.15, 0.2) is 0 Å². The van der Waals surface area contributed by atoms with Gasteiger partial charge in [-0.1, -0.05) is 0 Å². The summed E-state index contributed by atoms with van der Waals surface area (Å²) >= 11 is 0. The second-order valence-electron chi connectivity index (χ2n) is 6.66. The van der Waals surface area contributed by atoms with Gasteiger partial charge in [0.2, 0.25) is 5.95 Å². The van der Waals surface area contributed by atoms with Gasteiger partial charge in [-0.3, -0.25) is 9.97 Å². The van der Waals surface area contributed by atoms with E-state index in [0.29, 0.717) is 12.5 Å². The Hall–Kier alpha value is -3.26. The molecule has 1 aliphatic heterocycles. The molecular weight excluding hydrogens is 370 g/mol. The monoisotopic (exact) mass is 393 g/mol. The van der Waals surface area contributed by atoms with Crippen molar-refractivity contribution in [3.05, 3.63) is 54.2 Å². The molecule has 0 spiro atoms. The van der Waals surface area contributed by atoms with Crippen molar-refractivity contribution in [2.24, 2.45) is 0 Å². The topological polar surface area (TPSA) is 91.3 Å². The summed E-state index contributed by atoms with van der Waals surface area (Å²) < 4.78 is 16.5. The fraction of sp³-hybridized carbons (Fsp3) is 0.333. The molecule has 0 unspecified atom stereocenters. The van der Waals surface area contributed by atoms with Gasteiger partial charge in [-0.15, -0.1) is 0 Å². The van der Waals surface area contributed by atoms with Gasteiger partial charge in [-0.2, -0.15) is 0 Å². The summed E-state index contributed by atoms with van der Waals surface area (Å²) in [5.74, 6) is 2.00. The second kappa shape index (κ2) is 8.83. The lowest BCUT2D eigenvalue weighted by atomic mass is 10.1. The molecule has 3 aromatic rings. The number of hydrogen-bond acceptors (Lipinski definition) is 8. The SMILES string of the molecule is COc1cc(CNc2ncc(-c3cnccn3)c([C@H]3CCCO3)n2)cc(OC)c1. The van der Waals surface area contributed by atoms with E-state index in [1.807, 2.05) is 18.2 Å². The number of aromatic nitrogens is 4. The standard InChI is InChI=1S/C21H23N5O3/c1-27-15-8-14(9-16(10-15)28-2)11-24-21-25-12-17(18-13-22-5-6-23-18)20(26-21)19-4-3-7-29-19/h5-6,8-10,12-13,19H,3-4,7,11H2,1-2H3,(H,24,25,26)/t19-/m1/s1. The first-order chi connectivity index (χ1) is 14.3. The van der Waals surface area contributed by atoms with Crippen LogP contribution in [0.2, 0.25) is 0 Å². The van der Waals surface area contributed by atoms with E-state index >= 15 is 0 Å². The van der Waals surface area contributed by atoms with Crippen molar-refractivity contribution in [2.75, 3.05) is 26.1 Å². The molecule has 29 heavy (non-hydrogen) atoms. The van der Waals surface area contributed by atoms with Gasteiger partial charge in [0.05, 0.1) is 31.8 Å². The van der Waals surface area contributed by atoms with Crippen LogP contribution in [0.15, 0.2) is 43.0 Å². The van der Waals surface area contributed by atoms with Crippen molar-refractivity contribution in [1.29, 1.82) is 0 Å². The first-order valence-electron chi connectivity index (χ1n) is 9.47. The van der Waals surface area contributed by atoms with Crippen LogP contribution in [-0.2, 0) is 11.3 Å². The predicted octanol–water partition coefficient (Wildman–Crippen LogP) is 3.41. The highest BCUT2D eigenvalue weighted by Gasteiger charge is 2.24. The Kier molecular flexibility index (Phi) is 5.81. The minimum absolute atomic E-state index is 0.0625. The van der Waals surface area contributed by atoms with Crippen LogP contribution in [-0.4, -0.2) is 40.8 Å². The highest BCUT2D eigenvalue weighted by atomic mass is 16.5. The summed E-state index contributed by atoms with van der Waals surface area (Å²) in [6.07, 6.45) is 8.69. The third-order valence-electron chi connectivity index (χ3n) is 4.75. The summed E-state index contributed by atoms with van der Waals surface area (Å²) in [7, 11) is 3.27. The van der Waals surface area contributed by atoms with Crippen LogP contribution in [0.4, 0.5) is 5.95 Å². The van der Waals surface area contributed by atoms with Crippen molar-refractivity contribution < 1.29 is 14.2 Å². The average Bonchev–Trinajstić information content (AvgIpc) is 3.32. The highest BCUT2D eigenvalue weighted by Crippen LogP contribution is 2.33. The molecule has 0 bridgehead atoms. The van der Waals surface area contributed by atoms with Crippen LogP contribution in [0.3, 0.4) is 0 Å². The average molecular weight is 393 g/mol. The van der Waals surface area contributed by atoms with E-state index in [2.05, 4.69) is 20.3 Å². The number of methoxy groups -OCH3 is 2. The lowest BCUT2D eigenvalue weighted by Gasteiger charge is -2.15. The van der Waals surface area contributed by atoms with Crippen molar-refractivity contribution >= 4 is 5.95 Å². The molecule has 0 radical (unpaired) electrons. The van der Waals surface area contributed by atoms with E-state index in [4.69, 9.17) is 19.2 Å². The zero-order valence-corrected chi connectivity index (χ0v) is 16.5. The smallest absolute Gasteiger partial charge is 0.223 e. The van der Waals surface area contributed by atoms with Gasteiger partial charge < -0.3 is 19.5 Å². The summed E-state index contributed by atoms with van der Waals surface area (Å²) in [5.41, 5.74) is 3.42. The lowest BCUT2D eigenvalue weighted by molar-refractivity contribution is 0.109. The molecule has 0 amide bonds. The number of nitrogens with zero attached hydrogens (tertiary/aromatic N) is 4. The molecule has 1 atom stereocenters. The molecule has 1 N–H and O–H groups in total. The fourth-order valence-corrected chi connectivity index (χ4v) is 3.30. The van der Waals surface area contributed by atoms with E-state index in [1.165, 1.54) is 0 Å². The van der Waals surface area contributed by atoms with Gasteiger partial charge in [0.25, 0.3) is 0 Å². The molecule has 3 heterocycles. The summed E-state index contributed by atoms with van der Waals surface area (Å²) in [4.78, 5) is 17.8. The maximum Gasteiger partial charge on any atom is 0.223 e. The maximum atomic E-state index is 5.88. The molecule has 1 aromatic carbocycles. The summed E-state index contributed by atoms with van der Waals surface area (Å²) in [5, 5.41) is 3.28. The van der Waals surface area contributed by atoms with Crippen LogP contribution in [0.5, 0.6) is 11.5 Å². The number of hydrogen-bond donors (Lipinski definition) is 1. The van der Waals surface area contributed by atoms with E-state index in [0.717, 1.165) is 53.5 Å². The zero-order valence-electron chi connectivity index (χ0n) is 16.5. The molecule has 150 valence electrons. The van der Waals surface area contributed by atoms with Crippen molar-refractivity contribution in [3.63, 3.8) is 0 Å². The lowest BCUT2D eigenvalue weighted by Crippen LogP contribution is -2.09. The second-order valence-corrected chi connectivity index (χ2v) is 6.66. The van der Waals surface area contributed by atoms with Gasteiger partial charge >= 0.3 is 0 Å². The number of anilines is 1. The Bertz CT molecular complexity index is 940. The Morgan fingerprint density at radius 2 is 1.90 bits per heavy atom. The normalized spacial score (nSPS) is 15.9. The fourth-order valence-electron chi connectivity index (χ4n) is 3.30. The quantitative estimate of drug-likeness (QED) is 0.653. The van der Waals surface area contributed by atoms with Crippen molar-refractivity contribution in [1.82, 2.24) is 19.9 Å². The molecule has 0 saturated carbocycles. The zero-order chi connectivity index (χ0) is 20.1. The number of benzene rings is 1. The number of rotatable bonds is 7. The van der Waals surface area contributed by atoms with E-state index in [-0.39, 0.29) is 6.10 Å². The molecule has 4 rings (SSSR count). The predicted molar refractivity (Wildman–Crippen MR) is 108 cm³/mol. The molecular formula is C21H23N5O3. The van der Waals surface area contributed by atoms with Gasteiger partial charge in [0, 0.05) is 43.4 Å².